The molecule has 0 spiro atoms. The van der Waals surface area contributed by atoms with E-state index < -0.39 is 28.5 Å². The number of phenols is 1. The maximum Gasteiger partial charge on any atom is 0.342 e. The zero-order valence-corrected chi connectivity index (χ0v) is 14.8. The number of carbonyl (C=O) groups is 2. The average molecular weight is 372 g/mol. The van der Waals surface area contributed by atoms with E-state index in [1.807, 2.05) is 0 Å². The number of ether oxygens (including phenoxy) is 2. The van der Waals surface area contributed by atoms with E-state index in [2.05, 4.69) is 0 Å². The molecule has 0 radical (unpaired) electrons. The van der Waals surface area contributed by atoms with E-state index in [1.54, 1.807) is 0 Å². The molecule has 25 heavy (non-hydrogen) atoms. The summed E-state index contributed by atoms with van der Waals surface area (Å²) >= 11 is 0. The molecule has 1 aliphatic rings. The van der Waals surface area contributed by atoms with Crippen molar-refractivity contribution in [2.24, 2.45) is 0 Å². The van der Waals surface area contributed by atoms with Gasteiger partial charge in [0, 0.05) is 26.2 Å². The van der Waals surface area contributed by atoms with Crippen LogP contribution in [-0.2, 0) is 19.6 Å². The summed E-state index contributed by atoms with van der Waals surface area (Å²) in [5, 5.41) is 9.89. The summed E-state index contributed by atoms with van der Waals surface area (Å²) in [6.45, 7) is 0.375. The SMILES string of the molecule is COc1cccc(C(=O)OCC(=O)N2CCN(S(C)(=O)=O)CC2)c1O. The zero-order chi connectivity index (χ0) is 18.6. The summed E-state index contributed by atoms with van der Waals surface area (Å²) in [4.78, 5) is 25.5. The molecule has 0 atom stereocenters. The number of phenolic OH excluding ortho intramolecular Hbond substituents is 1. The Kier molecular flexibility index (Phi) is 5.85. The smallest absolute Gasteiger partial charge is 0.342 e. The highest BCUT2D eigenvalue weighted by molar-refractivity contribution is 7.88. The molecule has 1 aliphatic heterocycles. The van der Waals surface area contributed by atoms with Gasteiger partial charge in [-0.05, 0) is 12.1 Å². The molecule has 1 fully saturated rings. The predicted molar refractivity (Wildman–Crippen MR) is 87.9 cm³/mol. The number of hydrogen-bond donors (Lipinski definition) is 1. The number of sulfonamides is 1. The van der Waals surface area contributed by atoms with Gasteiger partial charge in [0.2, 0.25) is 10.0 Å². The number of methoxy groups -OCH3 is 1. The van der Waals surface area contributed by atoms with E-state index >= 15 is 0 Å². The molecule has 0 unspecified atom stereocenters. The Balaban J connectivity index is 1.89. The molecule has 0 aromatic heterocycles. The number of hydrogen-bond acceptors (Lipinski definition) is 7. The number of piperazine rings is 1. The fourth-order valence-corrected chi connectivity index (χ4v) is 3.24. The minimum Gasteiger partial charge on any atom is -0.504 e. The summed E-state index contributed by atoms with van der Waals surface area (Å²) in [5.41, 5.74) is -0.103. The Morgan fingerprint density at radius 2 is 1.84 bits per heavy atom. The molecule has 0 aliphatic carbocycles. The van der Waals surface area contributed by atoms with Crippen molar-refractivity contribution >= 4 is 21.9 Å². The maximum atomic E-state index is 12.1. The number of esters is 1. The summed E-state index contributed by atoms with van der Waals surface area (Å²) in [7, 11) is -1.93. The van der Waals surface area contributed by atoms with Crippen LogP contribution in [0.3, 0.4) is 0 Å². The highest BCUT2D eigenvalue weighted by atomic mass is 32.2. The lowest BCUT2D eigenvalue weighted by Gasteiger charge is -2.33. The van der Waals surface area contributed by atoms with Crippen LogP contribution in [0.5, 0.6) is 11.5 Å². The van der Waals surface area contributed by atoms with Gasteiger partial charge < -0.3 is 19.5 Å². The van der Waals surface area contributed by atoms with Gasteiger partial charge in [-0.2, -0.15) is 4.31 Å². The first kappa shape index (κ1) is 19.0. The van der Waals surface area contributed by atoms with Crippen LogP contribution in [0, 0.1) is 0 Å². The quantitative estimate of drug-likeness (QED) is 0.704. The van der Waals surface area contributed by atoms with Crippen LogP contribution in [0.4, 0.5) is 0 Å². The molecule has 138 valence electrons. The van der Waals surface area contributed by atoms with E-state index in [-0.39, 0.29) is 43.2 Å². The molecule has 2 rings (SSSR count). The molecule has 1 aromatic rings. The van der Waals surface area contributed by atoms with E-state index in [9.17, 15) is 23.1 Å². The predicted octanol–water partition coefficient (Wildman–Crippen LogP) is -0.339. The fourth-order valence-electron chi connectivity index (χ4n) is 2.42. The first-order valence-electron chi connectivity index (χ1n) is 7.50. The third-order valence-electron chi connectivity index (χ3n) is 3.83. The van der Waals surface area contributed by atoms with Crippen molar-refractivity contribution in [1.82, 2.24) is 9.21 Å². The van der Waals surface area contributed by atoms with Crippen LogP contribution in [0.2, 0.25) is 0 Å². The van der Waals surface area contributed by atoms with Gasteiger partial charge in [-0.3, -0.25) is 4.79 Å². The number of aromatic hydroxyl groups is 1. The first-order chi connectivity index (χ1) is 11.7. The molecule has 0 saturated carbocycles. The van der Waals surface area contributed by atoms with E-state index in [0.29, 0.717) is 0 Å². The third-order valence-corrected chi connectivity index (χ3v) is 5.13. The zero-order valence-electron chi connectivity index (χ0n) is 14.0. The van der Waals surface area contributed by atoms with E-state index in [0.717, 1.165) is 6.26 Å². The van der Waals surface area contributed by atoms with Crippen LogP contribution in [0.25, 0.3) is 0 Å². The van der Waals surface area contributed by atoms with Crippen molar-refractivity contribution in [3.05, 3.63) is 23.8 Å². The summed E-state index contributed by atoms with van der Waals surface area (Å²) in [6.07, 6.45) is 1.12. The second-order valence-corrected chi connectivity index (χ2v) is 7.46. The van der Waals surface area contributed by atoms with Crippen molar-refractivity contribution in [2.75, 3.05) is 46.2 Å². The van der Waals surface area contributed by atoms with Crippen LogP contribution in [-0.4, -0.2) is 80.8 Å². The van der Waals surface area contributed by atoms with E-state index in [1.165, 1.54) is 34.5 Å². The molecule has 9 nitrogen and oxygen atoms in total. The van der Waals surface area contributed by atoms with Gasteiger partial charge in [-0.1, -0.05) is 6.07 Å². The van der Waals surface area contributed by atoms with Crippen molar-refractivity contribution < 1.29 is 32.6 Å². The van der Waals surface area contributed by atoms with Crippen molar-refractivity contribution in [3.63, 3.8) is 0 Å². The summed E-state index contributed by atoms with van der Waals surface area (Å²) in [5.74, 6) is -1.51. The molecule has 1 saturated heterocycles. The Hall–Kier alpha value is -2.33. The molecule has 1 N–H and O–H groups in total. The molecule has 0 bridgehead atoms. The maximum absolute atomic E-state index is 12.1. The lowest BCUT2D eigenvalue weighted by Crippen LogP contribution is -2.51. The molecular weight excluding hydrogens is 352 g/mol. The highest BCUT2D eigenvalue weighted by Crippen LogP contribution is 2.29. The Morgan fingerprint density at radius 3 is 2.40 bits per heavy atom. The van der Waals surface area contributed by atoms with Gasteiger partial charge in [0.25, 0.3) is 5.91 Å². The largest absolute Gasteiger partial charge is 0.504 e. The molecule has 1 amide bonds. The van der Waals surface area contributed by atoms with Gasteiger partial charge in [0.15, 0.2) is 18.1 Å². The lowest BCUT2D eigenvalue weighted by atomic mass is 10.2. The molecule has 10 heteroatoms. The minimum absolute atomic E-state index is 0.103. The third kappa shape index (κ3) is 4.60. The summed E-state index contributed by atoms with van der Waals surface area (Å²) < 4.78 is 34.0. The normalized spacial score (nSPS) is 15.7. The standard InChI is InChI=1S/C15H20N2O7S/c1-23-12-5-3-4-11(14(12)19)15(20)24-10-13(18)16-6-8-17(9-7-16)25(2,21)22/h3-5,19H,6-10H2,1-2H3. The molecule has 1 aromatic carbocycles. The van der Waals surface area contributed by atoms with Crippen LogP contribution in [0.1, 0.15) is 10.4 Å². The first-order valence-corrected chi connectivity index (χ1v) is 9.35. The van der Waals surface area contributed by atoms with Crippen LogP contribution in [0.15, 0.2) is 18.2 Å². The molecule has 1 heterocycles. The number of para-hydroxylation sites is 1. The Labute approximate surface area is 145 Å². The van der Waals surface area contributed by atoms with Crippen LogP contribution < -0.4 is 4.74 Å². The van der Waals surface area contributed by atoms with E-state index in [4.69, 9.17) is 9.47 Å². The second kappa shape index (κ2) is 7.70. The Morgan fingerprint density at radius 1 is 1.20 bits per heavy atom. The van der Waals surface area contributed by atoms with Crippen molar-refractivity contribution in [3.8, 4) is 11.5 Å². The van der Waals surface area contributed by atoms with Crippen molar-refractivity contribution in [1.29, 1.82) is 0 Å². The fraction of sp³-hybridized carbons (Fsp3) is 0.467. The van der Waals surface area contributed by atoms with Gasteiger partial charge in [0.1, 0.15) is 5.56 Å². The minimum atomic E-state index is -3.28. The number of rotatable bonds is 5. The van der Waals surface area contributed by atoms with Gasteiger partial charge in [0.05, 0.1) is 13.4 Å². The number of nitrogens with zero attached hydrogens (tertiary/aromatic N) is 2. The topological polar surface area (TPSA) is 113 Å². The lowest BCUT2D eigenvalue weighted by molar-refractivity contribution is -0.135. The monoisotopic (exact) mass is 372 g/mol. The Bertz CT molecular complexity index is 755. The summed E-state index contributed by atoms with van der Waals surface area (Å²) in [6, 6.07) is 4.36. The van der Waals surface area contributed by atoms with Gasteiger partial charge in [-0.15, -0.1) is 0 Å². The number of carbonyl (C=O) groups excluding carboxylic acids is 2. The molecular formula is C15H20N2O7S. The number of benzene rings is 1. The average Bonchev–Trinajstić information content (AvgIpc) is 2.59. The second-order valence-electron chi connectivity index (χ2n) is 5.48. The van der Waals surface area contributed by atoms with Gasteiger partial charge >= 0.3 is 5.97 Å². The van der Waals surface area contributed by atoms with Crippen LogP contribution >= 0.6 is 0 Å². The number of amides is 1. The highest BCUT2D eigenvalue weighted by Gasteiger charge is 2.27. The van der Waals surface area contributed by atoms with Gasteiger partial charge in [-0.25, -0.2) is 13.2 Å². The van der Waals surface area contributed by atoms with Crippen molar-refractivity contribution in [2.45, 2.75) is 0 Å².